The van der Waals surface area contributed by atoms with Gasteiger partial charge in [-0.05, 0) is 62.7 Å². The van der Waals surface area contributed by atoms with Crippen molar-refractivity contribution < 1.29 is 19.4 Å². The number of nitrogens with one attached hydrogen (secondary N) is 1. The first-order chi connectivity index (χ1) is 16.9. The number of aliphatic hydroxyl groups is 1. The van der Waals surface area contributed by atoms with E-state index >= 15 is 0 Å². The van der Waals surface area contributed by atoms with E-state index < -0.39 is 0 Å². The molecule has 0 spiro atoms. The topological polar surface area (TPSA) is 95.0 Å². The molecule has 2 heterocycles. The van der Waals surface area contributed by atoms with Gasteiger partial charge in [-0.25, -0.2) is 9.78 Å². The molecule has 0 saturated heterocycles. The summed E-state index contributed by atoms with van der Waals surface area (Å²) in [5.41, 5.74) is 2.59. The average Bonchev–Trinajstić information content (AvgIpc) is 3.39. The third-order valence-electron chi connectivity index (χ3n) is 7.67. The van der Waals surface area contributed by atoms with Crippen molar-refractivity contribution in [3.8, 4) is 5.88 Å². The molecule has 3 amide bonds. The predicted octanol–water partition coefficient (Wildman–Crippen LogP) is 3.84. The first kappa shape index (κ1) is 25.5. The monoisotopic (exact) mass is 484 g/mol. The van der Waals surface area contributed by atoms with E-state index in [1.165, 1.54) is 12.0 Å². The van der Waals surface area contributed by atoms with E-state index in [9.17, 15) is 14.7 Å². The summed E-state index contributed by atoms with van der Waals surface area (Å²) >= 11 is 0. The van der Waals surface area contributed by atoms with Crippen molar-refractivity contribution >= 4 is 17.5 Å². The molecule has 1 aromatic heterocycles. The van der Waals surface area contributed by atoms with Crippen molar-refractivity contribution in [1.82, 2.24) is 20.1 Å². The van der Waals surface area contributed by atoms with Gasteiger partial charge in [-0.3, -0.25) is 4.79 Å². The number of hydrogen-bond donors (Lipinski definition) is 2. The van der Waals surface area contributed by atoms with Crippen LogP contribution >= 0.6 is 0 Å². The largest absolute Gasteiger partial charge is 0.472 e. The van der Waals surface area contributed by atoms with Gasteiger partial charge in [-0.2, -0.15) is 0 Å². The number of pyridine rings is 1. The highest BCUT2D eigenvalue weighted by molar-refractivity contribution is 5.97. The normalized spacial score (nSPS) is 24.1. The maximum atomic E-state index is 13.6. The Bertz CT molecular complexity index is 943. The van der Waals surface area contributed by atoms with E-state index in [-0.39, 0.29) is 42.7 Å². The average molecular weight is 485 g/mol. The molecular weight excluding hydrogens is 444 g/mol. The SMILES string of the molecule is C[C@@H]1CN([C@@H](C)CO)C(=O)c2cc(C3=CCCCC3)cnc2O[C@@H]1CN(C)C(=O)NC1CCCC1. The number of urea groups is 1. The van der Waals surface area contributed by atoms with Crippen LogP contribution < -0.4 is 10.1 Å². The number of hydrogen-bond acceptors (Lipinski definition) is 5. The molecular formula is C27H40N4O4. The molecule has 192 valence electrons. The molecule has 8 heteroatoms. The van der Waals surface area contributed by atoms with Gasteiger partial charge in [0.1, 0.15) is 11.7 Å². The van der Waals surface area contributed by atoms with E-state index in [1.54, 1.807) is 23.0 Å². The van der Waals surface area contributed by atoms with E-state index in [4.69, 9.17) is 4.74 Å². The van der Waals surface area contributed by atoms with Gasteiger partial charge in [-0.15, -0.1) is 0 Å². The van der Waals surface area contributed by atoms with Gasteiger partial charge >= 0.3 is 6.03 Å². The number of carbonyl (C=O) groups is 2. The van der Waals surface area contributed by atoms with Crippen LogP contribution in [0.25, 0.3) is 5.57 Å². The van der Waals surface area contributed by atoms with Crippen LogP contribution in [0.1, 0.15) is 81.1 Å². The highest BCUT2D eigenvalue weighted by atomic mass is 16.5. The van der Waals surface area contributed by atoms with E-state index in [0.717, 1.165) is 50.5 Å². The van der Waals surface area contributed by atoms with Gasteiger partial charge in [0.2, 0.25) is 5.88 Å². The number of nitrogens with zero attached hydrogens (tertiary/aromatic N) is 3. The Morgan fingerprint density at radius 2 is 2.09 bits per heavy atom. The van der Waals surface area contributed by atoms with Crippen LogP contribution in [0.2, 0.25) is 0 Å². The van der Waals surface area contributed by atoms with Crippen molar-refractivity contribution in [1.29, 1.82) is 0 Å². The van der Waals surface area contributed by atoms with Crippen LogP contribution in [0.3, 0.4) is 0 Å². The second kappa shape index (κ2) is 11.4. The molecule has 3 atom stereocenters. The number of fused-ring (bicyclic) bond motifs is 1. The van der Waals surface area contributed by atoms with Crippen molar-refractivity contribution in [2.45, 2.75) is 83.4 Å². The van der Waals surface area contributed by atoms with Crippen molar-refractivity contribution in [2.75, 3.05) is 26.7 Å². The van der Waals surface area contributed by atoms with Crippen molar-refractivity contribution in [3.63, 3.8) is 0 Å². The van der Waals surface area contributed by atoms with Crippen LogP contribution in [-0.4, -0.2) is 76.8 Å². The van der Waals surface area contributed by atoms with Crippen LogP contribution in [0, 0.1) is 5.92 Å². The maximum Gasteiger partial charge on any atom is 0.317 e. The Morgan fingerprint density at radius 3 is 2.77 bits per heavy atom. The zero-order valence-corrected chi connectivity index (χ0v) is 21.3. The first-order valence-electron chi connectivity index (χ1n) is 13.2. The molecule has 2 N–H and O–H groups in total. The van der Waals surface area contributed by atoms with Crippen molar-refractivity contribution in [2.24, 2.45) is 5.92 Å². The minimum Gasteiger partial charge on any atom is -0.472 e. The van der Waals surface area contributed by atoms with Gasteiger partial charge < -0.3 is 25.0 Å². The molecule has 1 saturated carbocycles. The van der Waals surface area contributed by atoms with Gasteiger partial charge in [0.05, 0.1) is 19.2 Å². The molecule has 8 nitrogen and oxygen atoms in total. The predicted molar refractivity (Wildman–Crippen MR) is 135 cm³/mol. The minimum absolute atomic E-state index is 0.0645. The molecule has 4 rings (SSSR count). The van der Waals surface area contributed by atoms with Gasteiger partial charge in [0, 0.05) is 31.7 Å². The number of likely N-dealkylation sites (N-methyl/N-ethyl adjacent to an activating group) is 1. The standard InChI is InChI=1S/C27H40N4O4/c1-18-15-31(19(2)17-32)26(33)23-13-21(20-9-5-4-6-10-20)14-28-25(23)35-24(18)16-30(3)27(34)29-22-11-7-8-12-22/h9,13-14,18-19,22,24,32H,4-8,10-12,15-17H2,1-3H3,(H,29,34)/t18-,19+,24-/m1/s1. The van der Waals surface area contributed by atoms with Gasteiger partial charge in [0.15, 0.2) is 0 Å². The summed E-state index contributed by atoms with van der Waals surface area (Å²) in [5.74, 6) is 0.0572. The quantitative estimate of drug-likeness (QED) is 0.640. The molecule has 2 aliphatic carbocycles. The number of aromatic nitrogens is 1. The molecule has 0 bridgehead atoms. The Balaban J connectivity index is 1.59. The van der Waals surface area contributed by atoms with E-state index in [0.29, 0.717) is 24.5 Å². The lowest BCUT2D eigenvalue weighted by atomic mass is 9.93. The molecule has 1 aliphatic heterocycles. The van der Waals surface area contributed by atoms with Gasteiger partial charge in [-0.1, -0.05) is 25.8 Å². The summed E-state index contributed by atoms with van der Waals surface area (Å²) in [6.45, 7) is 4.55. The maximum absolute atomic E-state index is 13.6. The summed E-state index contributed by atoms with van der Waals surface area (Å²) in [6, 6.07) is 1.70. The summed E-state index contributed by atoms with van der Waals surface area (Å²) in [6.07, 6.45) is 12.4. The summed E-state index contributed by atoms with van der Waals surface area (Å²) in [5, 5.41) is 13.0. The first-order valence-corrected chi connectivity index (χ1v) is 13.2. The van der Waals surface area contributed by atoms with Crippen LogP contribution in [0.5, 0.6) is 5.88 Å². The summed E-state index contributed by atoms with van der Waals surface area (Å²) < 4.78 is 6.35. The van der Waals surface area contributed by atoms with Crippen molar-refractivity contribution in [3.05, 3.63) is 29.5 Å². The smallest absolute Gasteiger partial charge is 0.317 e. The lowest BCUT2D eigenvalue weighted by molar-refractivity contribution is 0.0351. The number of rotatable bonds is 6. The number of carbonyl (C=O) groups excluding carboxylic acids is 2. The number of ether oxygens (including phenoxy) is 1. The Kier molecular flexibility index (Phi) is 8.31. The lowest BCUT2D eigenvalue weighted by Gasteiger charge is -2.38. The molecule has 0 aromatic carbocycles. The van der Waals surface area contributed by atoms with Gasteiger partial charge in [0.25, 0.3) is 5.91 Å². The second-order valence-corrected chi connectivity index (χ2v) is 10.5. The molecule has 0 unspecified atom stereocenters. The Hall–Kier alpha value is -2.61. The van der Waals surface area contributed by atoms with E-state index in [1.807, 2.05) is 19.9 Å². The van der Waals surface area contributed by atoms with E-state index in [2.05, 4.69) is 16.4 Å². The summed E-state index contributed by atoms with van der Waals surface area (Å²) in [4.78, 5) is 34.4. The zero-order chi connectivity index (χ0) is 24.9. The van der Waals surface area contributed by atoms with Crippen LogP contribution in [0.4, 0.5) is 4.79 Å². The number of aliphatic hydroxyl groups excluding tert-OH is 1. The number of amides is 3. The highest BCUT2D eigenvalue weighted by Crippen LogP contribution is 2.32. The molecule has 35 heavy (non-hydrogen) atoms. The third kappa shape index (κ3) is 5.97. The Morgan fingerprint density at radius 1 is 1.31 bits per heavy atom. The van der Waals surface area contributed by atoms with Crippen LogP contribution in [-0.2, 0) is 0 Å². The fourth-order valence-electron chi connectivity index (χ4n) is 5.30. The second-order valence-electron chi connectivity index (χ2n) is 10.5. The fraction of sp³-hybridized carbons (Fsp3) is 0.667. The summed E-state index contributed by atoms with van der Waals surface area (Å²) in [7, 11) is 1.78. The molecule has 1 fully saturated rings. The fourth-order valence-corrected chi connectivity index (χ4v) is 5.30. The highest BCUT2D eigenvalue weighted by Gasteiger charge is 2.35. The van der Waals surface area contributed by atoms with Crippen LogP contribution in [0.15, 0.2) is 18.3 Å². The third-order valence-corrected chi connectivity index (χ3v) is 7.67. The minimum atomic E-state index is -0.346. The number of allylic oxidation sites excluding steroid dienone is 2. The molecule has 3 aliphatic rings. The molecule has 0 radical (unpaired) electrons. The zero-order valence-electron chi connectivity index (χ0n) is 21.3. The lowest BCUT2D eigenvalue weighted by Crippen LogP contribution is -2.52. The Labute approximate surface area is 208 Å². The molecule has 1 aromatic rings.